The zero-order chi connectivity index (χ0) is 39.6. The molecule has 5 heteroatoms. The Labute approximate surface area is 345 Å². The maximum absolute atomic E-state index is 6.75. The highest BCUT2D eigenvalue weighted by molar-refractivity contribution is 6.22. The van der Waals surface area contributed by atoms with Crippen molar-refractivity contribution in [1.82, 2.24) is 19.5 Å². The fourth-order valence-electron chi connectivity index (χ4n) is 8.95. The molecule has 0 bridgehead atoms. The van der Waals surface area contributed by atoms with Crippen LogP contribution in [0.2, 0.25) is 0 Å². The van der Waals surface area contributed by atoms with Crippen LogP contribution in [-0.4, -0.2) is 19.5 Å². The zero-order valence-electron chi connectivity index (χ0n) is 32.3. The maximum atomic E-state index is 6.75. The van der Waals surface area contributed by atoms with Crippen molar-refractivity contribution in [3.63, 3.8) is 0 Å². The van der Waals surface area contributed by atoms with Crippen molar-refractivity contribution >= 4 is 54.5 Å². The molecule has 0 N–H and O–H groups in total. The minimum absolute atomic E-state index is 0.804. The van der Waals surface area contributed by atoms with Gasteiger partial charge in [-0.2, -0.15) is 0 Å². The summed E-state index contributed by atoms with van der Waals surface area (Å²) in [6.07, 6.45) is 3.60. The van der Waals surface area contributed by atoms with Gasteiger partial charge in [0.05, 0.1) is 33.8 Å². The van der Waals surface area contributed by atoms with E-state index in [4.69, 9.17) is 9.40 Å². The van der Waals surface area contributed by atoms with Crippen molar-refractivity contribution in [3.8, 4) is 61.8 Å². The molecule has 0 spiro atoms. The van der Waals surface area contributed by atoms with Gasteiger partial charge in [0.1, 0.15) is 11.2 Å². The monoisotopic (exact) mass is 766 g/mol. The van der Waals surface area contributed by atoms with Crippen LogP contribution in [0.15, 0.2) is 211 Å². The van der Waals surface area contributed by atoms with Crippen molar-refractivity contribution in [2.75, 3.05) is 0 Å². The Morgan fingerprint density at radius 2 is 0.917 bits per heavy atom. The van der Waals surface area contributed by atoms with Crippen molar-refractivity contribution < 1.29 is 4.42 Å². The molecule has 0 fully saturated rings. The van der Waals surface area contributed by atoms with E-state index in [1.54, 1.807) is 12.4 Å². The van der Waals surface area contributed by atoms with Gasteiger partial charge in [-0.1, -0.05) is 121 Å². The number of benzene rings is 7. The molecule has 0 saturated carbocycles. The summed E-state index contributed by atoms with van der Waals surface area (Å²) in [6, 6.07) is 68.4. The van der Waals surface area contributed by atoms with Gasteiger partial charge in [0.2, 0.25) is 0 Å². The van der Waals surface area contributed by atoms with E-state index >= 15 is 0 Å². The van der Waals surface area contributed by atoms with Crippen LogP contribution in [0.1, 0.15) is 0 Å². The third kappa shape index (κ3) is 5.52. The SMILES string of the molecule is c1ccc(-c2cc(-c3ccc(-c4cc5c(oc6cccc(-c7ccc(-n8c9ccccc9c9ccccc98)cc7)c65)c5ccccc45)cc3)cc(-c3ccccn3)n2)nc1. The Hall–Kier alpha value is -8.15. The smallest absolute Gasteiger partial charge is 0.143 e. The van der Waals surface area contributed by atoms with Gasteiger partial charge in [-0.3, -0.25) is 9.97 Å². The Morgan fingerprint density at radius 3 is 1.55 bits per heavy atom. The molecule has 280 valence electrons. The number of hydrogen-bond acceptors (Lipinski definition) is 4. The first kappa shape index (κ1) is 33.9. The maximum Gasteiger partial charge on any atom is 0.143 e. The molecule has 5 nitrogen and oxygen atoms in total. The minimum atomic E-state index is 0.804. The summed E-state index contributed by atoms with van der Waals surface area (Å²) in [5, 5.41) is 6.96. The average molecular weight is 767 g/mol. The van der Waals surface area contributed by atoms with Crippen LogP contribution >= 0.6 is 0 Å². The first-order valence-electron chi connectivity index (χ1n) is 20.2. The number of rotatable bonds is 6. The minimum Gasteiger partial charge on any atom is -0.455 e. The van der Waals surface area contributed by atoms with Gasteiger partial charge in [-0.05, 0) is 112 Å². The van der Waals surface area contributed by atoms with Crippen LogP contribution in [0, 0.1) is 0 Å². The summed E-state index contributed by atoms with van der Waals surface area (Å²) in [5.41, 5.74) is 15.2. The highest BCUT2D eigenvalue weighted by Crippen LogP contribution is 2.44. The molecule has 0 saturated heterocycles. The van der Waals surface area contributed by atoms with Gasteiger partial charge in [0.15, 0.2) is 0 Å². The number of nitrogens with zero attached hydrogens (tertiary/aromatic N) is 4. The lowest BCUT2D eigenvalue weighted by Crippen LogP contribution is -1.94. The molecule has 5 heterocycles. The van der Waals surface area contributed by atoms with Crippen LogP contribution in [0.3, 0.4) is 0 Å². The number of aromatic nitrogens is 4. The van der Waals surface area contributed by atoms with E-state index in [9.17, 15) is 0 Å². The van der Waals surface area contributed by atoms with Crippen molar-refractivity contribution in [2.24, 2.45) is 0 Å². The predicted molar refractivity (Wildman–Crippen MR) is 246 cm³/mol. The van der Waals surface area contributed by atoms with E-state index in [1.165, 1.54) is 21.8 Å². The second-order valence-corrected chi connectivity index (χ2v) is 15.2. The lowest BCUT2D eigenvalue weighted by molar-refractivity contribution is 0.673. The highest BCUT2D eigenvalue weighted by Gasteiger charge is 2.19. The van der Waals surface area contributed by atoms with Gasteiger partial charge >= 0.3 is 0 Å². The standard InChI is InChI=1S/C55H34N4O/c1-2-15-44-41(12-1)45(37-24-22-35(23-25-37)38-32-49(47-17-7-9-30-56-47)58-50(33-38)48-18-8-10-31-57-48)34-46-54-40(16-11-21-53(54)60-55(44)46)36-26-28-39(29-27-36)59-51-19-5-3-13-42(51)43-14-4-6-20-52(43)59/h1-34H. The van der Waals surface area contributed by atoms with E-state index in [0.717, 1.165) is 94.6 Å². The molecule has 0 aliphatic rings. The van der Waals surface area contributed by atoms with Gasteiger partial charge in [0.25, 0.3) is 0 Å². The second kappa shape index (κ2) is 13.8. The summed E-state index contributed by atoms with van der Waals surface area (Å²) in [5.74, 6) is 0. The molecule has 12 aromatic rings. The second-order valence-electron chi connectivity index (χ2n) is 15.2. The number of fused-ring (bicyclic) bond motifs is 8. The number of furan rings is 1. The van der Waals surface area contributed by atoms with Crippen LogP contribution in [0.4, 0.5) is 0 Å². The molecule has 0 radical (unpaired) electrons. The molecule has 5 aromatic heterocycles. The fourth-order valence-corrected chi connectivity index (χ4v) is 8.95. The molecule has 0 unspecified atom stereocenters. The summed E-state index contributed by atoms with van der Waals surface area (Å²) in [6.45, 7) is 0. The Bertz CT molecular complexity index is 3460. The van der Waals surface area contributed by atoms with Crippen LogP contribution < -0.4 is 0 Å². The summed E-state index contributed by atoms with van der Waals surface area (Å²) in [4.78, 5) is 14.2. The van der Waals surface area contributed by atoms with Crippen LogP contribution in [0.25, 0.3) is 116 Å². The number of para-hydroxylation sites is 2. The van der Waals surface area contributed by atoms with Gasteiger partial charge < -0.3 is 8.98 Å². The average Bonchev–Trinajstić information content (AvgIpc) is 3.88. The molecule has 60 heavy (non-hydrogen) atoms. The molecule has 7 aromatic carbocycles. The molecule has 0 amide bonds. The van der Waals surface area contributed by atoms with Crippen molar-refractivity contribution in [2.45, 2.75) is 0 Å². The summed E-state index contributed by atoms with van der Waals surface area (Å²) < 4.78 is 9.11. The zero-order valence-corrected chi connectivity index (χ0v) is 32.3. The van der Waals surface area contributed by atoms with Gasteiger partial charge in [0, 0.05) is 45.0 Å². The van der Waals surface area contributed by atoms with E-state index in [-0.39, 0.29) is 0 Å². The van der Waals surface area contributed by atoms with Gasteiger partial charge in [-0.25, -0.2) is 4.98 Å². The van der Waals surface area contributed by atoms with Crippen molar-refractivity contribution in [3.05, 3.63) is 207 Å². The predicted octanol–water partition coefficient (Wildman–Crippen LogP) is 14.4. The van der Waals surface area contributed by atoms with E-state index in [2.05, 4.69) is 172 Å². The molecular formula is C55H34N4O. The van der Waals surface area contributed by atoms with Gasteiger partial charge in [-0.15, -0.1) is 0 Å². The van der Waals surface area contributed by atoms with Crippen LogP contribution in [0.5, 0.6) is 0 Å². The lowest BCUT2D eigenvalue weighted by atomic mass is 9.92. The van der Waals surface area contributed by atoms with Crippen molar-refractivity contribution in [1.29, 1.82) is 0 Å². The Kier molecular flexibility index (Phi) is 7.78. The number of hydrogen-bond donors (Lipinski definition) is 0. The fraction of sp³-hybridized carbons (Fsp3) is 0. The molecule has 12 rings (SSSR count). The largest absolute Gasteiger partial charge is 0.455 e. The molecule has 0 atom stereocenters. The van der Waals surface area contributed by atoms with E-state index in [0.29, 0.717) is 0 Å². The quantitative estimate of drug-likeness (QED) is 0.169. The third-order valence-corrected chi connectivity index (χ3v) is 11.7. The Morgan fingerprint density at radius 1 is 0.367 bits per heavy atom. The summed E-state index contributed by atoms with van der Waals surface area (Å²) in [7, 11) is 0. The normalized spacial score (nSPS) is 11.7. The van der Waals surface area contributed by atoms with E-state index in [1.807, 2.05) is 36.4 Å². The van der Waals surface area contributed by atoms with Crippen LogP contribution in [-0.2, 0) is 0 Å². The molecule has 0 aliphatic heterocycles. The first-order valence-corrected chi connectivity index (χ1v) is 20.2. The third-order valence-electron chi connectivity index (χ3n) is 11.7. The lowest BCUT2D eigenvalue weighted by Gasteiger charge is -2.12. The number of pyridine rings is 3. The molecular weight excluding hydrogens is 733 g/mol. The topological polar surface area (TPSA) is 56.7 Å². The highest BCUT2D eigenvalue weighted by atomic mass is 16.3. The molecule has 0 aliphatic carbocycles. The first-order chi connectivity index (χ1) is 29.7. The summed E-state index contributed by atoms with van der Waals surface area (Å²) >= 11 is 0. The van der Waals surface area contributed by atoms with E-state index < -0.39 is 0 Å². The Balaban J connectivity index is 0.974.